The lowest BCUT2D eigenvalue weighted by atomic mass is 9.62. The Hall–Kier alpha value is -1.98. The molecule has 6 heteroatoms. The van der Waals surface area contributed by atoms with E-state index in [-0.39, 0.29) is 23.0 Å². The van der Waals surface area contributed by atoms with Gasteiger partial charge < -0.3 is 0 Å². The van der Waals surface area contributed by atoms with Crippen LogP contribution in [0.1, 0.15) is 66.8 Å². The van der Waals surface area contributed by atoms with E-state index in [2.05, 4.69) is 0 Å². The highest BCUT2D eigenvalue weighted by molar-refractivity contribution is 5.44. The van der Waals surface area contributed by atoms with E-state index < -0.39 is 29.4 Å². The third kappa shape index (κ3) is 3.71. The third-order valence-electron chi connectivity index (χ3n) is 5.55. The molecule has 3 rings (SSSR count). The highest BCUT2D eigenvalue weighted by Crippen LogP contribution is 2.51. The minimum atomic E-state index is -4.83. The van der Waals surface area contributed by atoms with Gasteiger partial charge in [-0.2, -0.15) is 26.3 Å². The maximum atomic E-state index is 13.2. The molecule has 0 N–H and O–H groups in total. The van der Waals surface area contributed by atoms with Gasteiger partial charge in [-0.25, -0.2) is 0 Å². The summed E-state index contributed by atoms with van der Waals surface area (Å²) in [4.78, 5) is 0. The normalized spacial score (nSPS) is 22.4. The van der Waals surface area contributed by atoms with Gasteiger partial charge in [0.1, 0.15) is 0 Å². The third-order valence-corrected chi connectivity index (χ3v) is 5.55. The molecule has 0 amide bonds. The Kier molecular flexibility index (Phi) is 4.60. The van der Waals surface area contributed by atoms with Crippen molar-refractivity contribution in [3.63, 3.8) is 0 Å². The molecule has 0 unspecified atom stereocenters. The van der Waals surface area contributed by atoms with Crippen molar-refractivity contribution in [1.29, 1.82) is 0 Å². The topological polar surface area (TPSA) is 0 Å². The number of rotatable bonds is 1. The molecule has 0 aromatic heterocycles. The molecule has 27 heavy (non-hydrogen) atoms. The van der Waals surface area contributed by atoms with Crippen LogP contribution < -0.4 is 0 Å². The fourth-order valence-electron chi connectivity index (χ4n) is 4.16. The first-order valence-electron chi connectivity index (χ1n) is 8.69. The maximum absolute atomic E-state index is 13.2. The van der Waals surface area contributed by atoms with Crippen molar-refractivity contribution < 1.29 is 26.3 Å². The molecule has 1 aliphatic carbocycles. The predicted octanol–water partition coefficient (Wildman–Crippen LogP) is 7.29. The second-order valence-electron chi connectivity index (χ2n) is 7.91. The summed E-state index contributed by atoms with van der Waals surface area (Å²) in [5.74, 6) is -0.614. The van der Waals surface area contributed by atoms with E-state index in [1.165, 1.54) is 0 Å². The molecule has 1 aliphatic rings. The lowest BCUT2D eigenvalue weighted by Gasteiger charge is -2.42. The number of fused-ring (bicyclic) bond motifs is 1. The lowest BCUT2D eigenvalue weighted by molar-refractivity contribution is -0.143. The molecule has 0 saturated carbocycles. The summed E-state index contributed by atoms with van der Waals surface area (Å²) < 4.78 is 79.3. The SMILES string of the molecule is C[C@H]1c2ccccc2C(C)(C)C[C@H]1c1cc(C(F)(F)F)cc(C(F)(F)F)c1. The summed E-state index contributed by atoms with van der Waals surface area (Å²) in [5, 5.41) is 0. The highest BCUT2D eigenvalue weighted by Gasteiger charge is 2.41. The molecule has 2 aromatic carbocycles. The van der Waals surface area contributed by atoms with Crippen LogP contribution in [0.3, 0.4) is 0 Å². The first-order chi connectivity index (χ1) is 12.3. The Balaban J connectivity index is 2.16. The molecule has 0 bridgehead atoms. The molecular formula is C21H20F6. The van der Waals surface area contributed by atoms with Crippen LogP contribution in [0.15, 0.2) is 42.5 Å². The summed E-state index contributed by atoms with van der Waals surface area (Å²) in [5.41, 5.74) is -0.693. The van der Waals surface area contributed by atoms with E-state index in [1.807, 2.05) is 45.0 Å². The summed E-state index contributed by atoms with van der Waals surface area (Å²) in [6, 6.07) is 9.58. The van der Waals surface area contributed by atoms with Gasteiger partial charge in [-0.05, 0) is 58.6 Å². The molecule has 0 fully saturated rings. The Morgan fingerprint density at radius 1 is 0.852 bits per heavy atom. The highest BCUT2D eigenvalue weighted by atomic mass is 19.4. The van der Waals surface area contributed by atoms with Crippen molar-refractivity contribution in [2.45, 2.75) is 56.8 Å². The predicted molar refractivity (Wildman–Crippen MR) is 91.7 cm³/mol. The van der Waals surface area contributed by atoms with Crippen LogP contribution in [0, 0.1) is 0 Å². The van der Waals surface area contributed by atoms with Crippen molar-refractivity contribution in [2.75, 3.05) is 0 Å². The zero-order valence-electron chi connectivity index (χ0n) is 15.2. The second kappa shape index (κ2) is 6.28. The van der Waals surface area contributed by atoms with E-state index in [0.29, 0.717) is 6.42 Å². The Labute approximate surface area is 154 Å². The van der Waals surface area contributed by atoms with Crippen LogP contribution in [-0.2, 0) is 17.8 Å². The van der Waals surface area contributed by atoms with Crippen molar-refractivity contribution in [1.82, 2.24) is 0 Å². The Bertz CT molecular complexity index is 812. The van der Waals surface area contributed by atoms with Crippen LogP contribution in [0.4, 0.5) is 26.3 Å². The molecule has 0 heterocycles. The molecule has 0 radical (unpaired) electrons. The number of alkyl halides is 6. The van der Waals surface area contributed by atoms with Gasteiger partial charge in [-0.3, -0.25) is 0 Å². The number of benzene rings is 2. The lowest BCUT2D eigenvalue weighted by Crippen LogP contribution is -2.31. The van der Waals surface area contributed by atoms with Crippen molar-refractivity contribution in [3.05, 3.63) is 70.3 Å². The summed E-state index contributed by atoms with van der Waals surface area (Å²) >= 11 is 0. The van der Waals surface area contributed by atoms with E-state index in [9.17, 15) is 26.3 Å². The molecule has 146 valence electrons. The fraction of sp³-hybridized carbons (Fsp3) is 0.429. The van der Waals surface area contributed by atoms with Gasteiger partial charge in [-0.15, -0.1) is 0 Å². The molecule has 0 nitrogen and oxygen atoms in total. The zero-order chi connectivity index (χ0) is 20.2. The minimum Gasteiger partial charge on any atom is -0.166 e. The average molecular weight is 386 g/mol. The monoisotopic (exact) mass is 386 g/mol. The average Bonchev–Trinajstić information content (AvgIpc) is 2.56. The summed E-state index contributed by atoms with van der Waals surface area (Å²) in [6.45, 7) is 5.82. The summed E-state index contributed by atoms with van der Waals surface area (Å²) in [6.07, 6.45) is -9.19. The van der Waals surface area contributed by atoms with Crippen molar-refractivity contribution in [2.24, 2.45) is 0 Å². The fourth-order valence-corrected chi connectivity index (χ4v) is 4.16. The van der Waals surface area contributed by atoms with E-state index in [1.54, 1.807) is 0 Å². The molecule has 0 saturated heterocycles. The van der Waals surface area contributed by atoms with Gasteiger partial charge in [0.25, 0.3) is 0 Å². The van der Waals surface area contributed by atoms with Gasteiger partial charge in [0, 0.05) is 0 Å². The first-order valence-corrected chi connectivity index (χ1v) is 8.69. The summed E-state index contributed by atoms with van der Waals surface area (Å²) in [7, 11) is 0. The smallest absolute Gasteiger partial charge is 0.166 e. The van der Waals surface area contributed by atoms with Crippen molar-refractivity contribution >= 4 is 0 Å². The van der Waals surface area contributed by atoms with Gasteiger partial charge in [0.15, 0.2) is 0 Å². The van der Waals surface area contributed by atoms with Gasteiger partial charge in [0.05, 0.1) is 11.1 Å². The Morgan fingerprint density at radius 3 is 1.89 bits per heavy atom. The largest absolute Gasteiger partial charge is 0.416 e. The van der Waals surface area contributed by atoms with Crippen LogP contribution >= 0.6 is 0 Å². The second-order valence-corrected chi connectivity index (χ2v) is 7.91. The quantitative estimate of drug-likeness (QED) is 0.451. The van der Waals surface area contributed by atoms with Crippen LogP contribution in [0.2, 0.25) is 0 Å². The van der Waals surface area contributed by atoms with Gasteiger partial charge in [0.2, 0.25) is 0 Å². The van der Waals surface area contributed by atoms with Gasteiger partial charge >= 0.3 is 12.4 Å². The van der Waals surface area contributed by atoms with E-state index >= 15 is 0 Å². The maximum Gasteiger partial charge on any atom is 0.416 e. The molecule has 0 aliphatic heterocycles. The minimum absolute atomic E-state index is 0.0900. The molecule has 0 spiro atoms. The van der Waals surface area contributed by atoms with Crippen molar-refractivity contribution in [3.8, 4) is 0 Å². The van der Waals surface area contributed by atoms with Crippen LogP contribution in [-0.4, -0.2) is 0 Å². The Morgan fingerprint density at radius 2 is 1.37 bits per heavy atom. The number of hydrogen-bond acceptors (Lipinski definition) is 0. The molecule has 2 atom stereocenters. The number of halogens is 6. The number of hydrogen-bond donors (Lipinski definition) is 0. The first kappa shape index (κ1) is 19.8. The molecule has 2 aromatic rings. The van der Waals surface area contributed by atoms with Crippen LogP contribution in [0.25, 0.3) is 0 Å². The van der Waals surface area contributed by atoms with E-state index in [4.69, 9.17) is 0 Å². The van der Waals surface area contributed by atoms with Crippen LogP contribution in [0.5, 0.6) is 0 Å². The standard InChI is InChI=1S/C21H20F6/c1-12-16-6-4-5-7-18(16)19(2,3)11-17(12)13-8-14(20(22,23)24)10-15(9-13)21(25,26)27/h4-10,12,17H,11H2,1-3H3/t12-,17+/m0/s1. The van der Waals surface area contributed by atoms with Gasteiger partial charge in [-0.1, -0.05) is 45.0 Å². The zero-order valence-corrected chi connectivity index (χ0v) is 15.2. The van der Waals surface area contributed by atoms with E-state index in [0.717, 1.165) is 23.3 Å². The molecular weight excluding hydrogens is 366 g/mol.